The Morgan fingerprint density at radius 3 is 2.82 bits per heavy atom. The van der Waals surface area contributed by atoms with Crippen LogP contribution in [0, 0.1) is 0 Å². The van der Waals surface area contributed by atoms with E-state index in [9.17, 15) is 4.79 Å². The molecule has 1 amide bonds. The number of nitrogens with zero attached hydrogens (tertiary/aromatic N) is 1. The van der Waals surface area contributed by atoms with Gasteiger partial charge in [0, 0.05) is 45.7 Å². The fourth-order valence-electron chi connectivity index (χ4n) is 3.01. The zero-order valence-corrected chi connectivity index (χ0v) is 16.5. The van der Waals surface area contributed by atoms with Gasteiger partial charge >= 0.3 is 0 Å². The molecule has 1 aliphatic rings. The number of benzene rings is 2. The zero-order chi connectivity index (χ0) is 19.5. The normalized spacial score (nSPS) is 13.9. The summed E-state index contributed by atoms with van der Waals surface area (Å²) < 4.78 is 5.98. The van der Waals surface area contributed by atoms with E-state index in [-0.39, 0.29) is 18.4 Å². The number of nitrogens with one attached hydrogen (secondary N) is 2. The number of hydrogen-bond donors (Lipinski definition) is 3. The second-order valence-electron chi connectivity index (χ2n) is 6.52. The fraction of sp³-hybridized carbons (Fsp3) is 0.200. The van der Waals surface area contributed by atoms with Gasteiger partial charge in [0.15, 0.2) is 0 Å². The van der Waals surface area contributed by atoms with E-state index in [1.165, 1.54) is 0 Å². The number of rotatable bonds is 6. The van der Waals surface area contributed by atoms with Gasteiger partial charge in [-0.1, -0.05) is 29.8 Å². The summed E-state index contributed by atoms with van der Waals surface area (Å²) in [5.74, 6) is 0.386. The van der Waals surface area contributed by atoms with Crippen LogP contribution in [-0.4, -0.2) is 30.1 Å². The van der Waals surface area contributed by atoms with E-state index >= 15 is 0 Å². The first kappa shape index (κ1) is 19.0. The van der Waals surface area contributed by atoms with Crippen LogP contribution in [0.3, 0.4) is 0 Å². The Morgan fingerprint density at radius 1 is 1.29 bits per heavy atom. The van der Waals surface area contributed by atoms with Gasteiger partial charge in [0.05, 0.1) is 6.42 Å². The third kappa shape index (κ3) is 4.07. The van der Waals surface area contributed by atoms with E-state index in [0.717, 1.165) is 46.3 Å². The summed E-state index contributed by atoms with van der Waals surface area (Å²) in [6.07, 6.45) is 2.00. The SMILES string of the molecule is NSc1cc(NC(=O)Cc2ccccc2Cl)cc2c(OC3CNC3)nccc12. The summed E-state index contributed by atoms with van der Waals surface area (Å²) in [7, 11) is 0. The van der Waals surface area contributed by atoms with Gasteiger partial charge in [0.25, 0.3) is 0 Å². The van der Waals surface area contributed by atoms with Crippen molar-refractivity contribution in [3.63, 3.8) is 0 Å². The van der Waals surface area contributed by atoms with Crippen LogP contribution in [0.5, 0.6) is 5.88 Å². The van der Waals surface area contributed by atoms with Crippen LogP contribution in [0.2, 0.25) is 5.02 Å². The average Bonchev–Trinajstić information content (AvgIpc) is 2.66. The zero-order valence-electron chi connectivity index (χ0n) is 14.9. The highest BCUT2D eigenvalue weighted by atomic mass is 35.5. The molecule has 0 radical (unpaired) electrons. The molecule has 0 bridgehead atoms. The number of nitrogens with two attached hydrogens (primary N) is 1. The van der Waals surface area contributed by atoms with E-state index in [0.29, 0.717) is 16.6 Å². The van der Waals surface area contributed by atoms with Gasteiger partial charge in [-0.15, -0.1) is 0 Å². The molecule has 0 saturated carbocycles. The molecule has 1 saturated heterocycles. The number of carbonyl (C=O) groups is 1. The Balaban J connectivity index is 1.62. The number of amides is 1. The molecule has 4 rings (SSSR count). The molecule has 3 aromatic rings. The average molecular weight is 415 g/mol. The topological polar surface area (TPSA) is 89.3 Å². The molecule has 144 valence electrons. The van der Waals surface area contributed by atoms with Crippen LogP contribution in [0.15, 0.2) is 53.6 Å². The quantitative estimate of drug-likeness (QED) is 0.536. The number of aromatic nitrogens is 1. The predicted molar refractivity (Wildman–Crippen MR) is 113 cm³/mol. The molecule has 28 heavy (non-hydrogen) atoms. The number of hydrogen-bond acceptors (Lipinski definition) is 6. The van der Waals surface area contributed by atoms with Crippen molar-refractivity contribution in [1.82, 2.24) is 10.3 Å². The Labute approximate surface area is 171 Å². The second kappa shape index (κ2) is 8.36. The molecule has 0 spiro atoms. The molecule has 1 fully saturated rings. The summed E-state index contributed by atoms with van der Waals surface area (Å²) in [6.45, 7) is 1.59. The molecular weight excluding hydrogens is 396 g/mol. The third-order valence-electron chi connectivity index (χ3n) is 4.55. The molecule has 2 heterocycles. The Kier molecular flexibility index (Phi) is 5.68. The van der Waals surface area contributed by atoms with Gasteiger partial charge < -0.3 is 15.4 Å². The number of halogens is 1. The van der Waals surface area contributed by atoms with Gasteiger partial charge in [-0.2, -0.15) is 0 Å². The number of ether oxygens (including phenoxy) is 1. The van der Waals surface area contributed by atoms with Crippen molar-refractivity contribution in [3.05, 3.63) is 59.2 Å². The van der Waals surface area contributed by atoms with Gasteiger partial charge in [0.2, 0.25) is 11.8 Å². The van der Waals surface area contributed by atoms with E-state index in [2.05, 4.69) is 15.6 Å². The lowest BCUT2D eigenvalue weighted by Gasteiger charge is -2.27. The molecule has 1 aliphatic heterocycles. The van der Waals surface area contributed by atoms with Crippen molar-refractivity contribution in [3.8, 4) is 5.88 Å². The Morgan fingerprint density at radius 2 is 2.11 bits per heavy atom. The van der Waals surface area contributed by atoms with Crippen molar-refractivity contribution in [1.29, 1.82) is 0 Å². The maximum absolute atomic E-state index is 12.5. The number of fused-ring (bicyclic) bond motifs is 1. The Hall–Kier alpha value is -2.32. The van der Waals surface area contributed by atoms with Gasteiger partial charge in [-0.3, -0.25) is 9.93 Å². The van der Waals surface area contributed by atoms with Crippen LogP contribution in [0.4, 0.5) is 5.69 Å². The largest absolute Gasteiger partial charge is 0.471 e. The minimum Gasteiger partial charge on any atom is -0.471 e. The van der Waals surface area contributed by atoms with Crippen molar-refractivity contribution in [2.45, 2.75) is 17.4 Å². The lowest BCUT2D eigenvalue weighted by atomic mass is 10.1. The molecule has 0 aliphatic carbocycles. The summed E-state index contributed by atoms with van der Waals surface area (Å²) in [4.78, 5) is 17.7. The van der Waals surface area contributed by atoms with E-state index in [4.69, 9.17) is 21.5 Å². The summed E-state index contributed by atoms with van der Waals surface area (Å²) in [5.41, 5.74) is 1.42. The highest BCUT2D eigenvalue weighted by Crippen LogP contribution is 2.34. The van der Waals surface area contributed by atoms with Crippen LogP contribution >= 0.6 is 23.5 Å². The van der Waals surface area contributed by atoms with E-state index in [1.807, 2.05) is 36.4 Å². The monoisotopic (exact) mass is 414 g/mol. The molecule has 1 aromatic heterocycles. The third-order valence-corrected chi connectivity index (χ3v) is 5.51. The predicted octanol–water partition coefficient (Wildman–Crippen LogP) is 3.39. The van der Waals surface area contributed by atoms with Crippen LogP contribution < -0.4 is 20.5 Å². The first-order valence-electron chi connectivity index (χ1n) is 8.84. The molecule has 8 heteroatoms. The maximum atomic E-state index is 12.5. The Bertz CT molecular complexity index is 1030. The molecule has 6 nitrogen and oxygen atoms in total. The molecule has 0 unspecified atom stereocenters. The second-order valence-corrected chi connectivity index (χ2v) is 7.60. The van der Waals surface area contributed by atoms with Crippen molar-refractivity contribution in [2.75, 3.05) is 18.4 Å². The first-order valence-corrected chi connectivity index (χ1v) is 10.1. The van der Waals surface area contributed by atoms with Crippen molar-refractivity contribution < 1.29 is 9.53 Å². The van der Waals surface area contributed by atoms with Crippen LogP contribution in [-0.2, 0) is 11.2 Å². The molecule has 4 N–H and O–H groups in total. The first-order chi connectivity index (χ1) is 13.6. The van der Waals surface area contributed by atoms with E-state index < -0.39 is 0 Å². The highest BCUT2D eigenvalue weighted by Gasteiger charge is 2.21. The highest BCUT2D eigenvalue weighted by molar-refractivity contribution is 7.97. The van der Waals surface area contributed by atoms with E-state index in [1.54, 1.807) is 12.3 Å². The lowest BCUT2D eigenvalue weighted by molar-refractivity contribution is -0.115. The van der Waals surface area contributed by atoms with Crippen molar-refractivity contribution in [2.24, 2.45) is 5.14 Å². The maximum Gasteiger partial charge on any atom is 0.228 e. The number of carbonyl (C=O) groups excluding carboxylic acids is 1. The molecular formula is C20H19ClN4O2S. The number of pyridine rings is 1. The molecule has 0 atom stereocenters. The van der Waals surface area contributed by atoms with Gasteiger partial charge in [0.1, 0.15) is 6.10 Å². The van der Waals surface area contributed by atoms with Gasteiger partial charge in [-0.25, -0.2) is 4.98 Å². The minimum atomic E-state index is -0.157. The molecule has 2 aromatic carbocycles. The number of anilines is 1. The summed E-state index contributed by atoms with van der Waals surface area (Å²) in [5, 5.41) is 14.3. The minimum absolute atomic E-state index is 0.102. The fourth-order valence-corrected chi connectivity index (χ4v) is 3.71. The van der Waals surface area contributed by atoms with Crippen LogP contribution in [0.25, 0.3) is 10.8 Å². The lowest BCUT2D eigenvalue weighted by Crippen LogP contribution is -2.50. The standard InChI is InChI=1S/C20H19ClN4O2S/c21-17-4-2-1-3-12(17)7-19(26)25-13-8-16-15(18(9-13)28-22)5-6-24-20(16)27-14-10-23-11-14/h1-6,8-9,14,23H,7,10-11,22H2,(H,25,26). The summed E-state index contributed by atoms with van der Waals surface area (Å²) >= 11 is 7.28. The van der Waals surface area contributed by atoms with Crippen molar-refractivity contribution >= 4 is 45.9 Å². The van der Waals surface area contributed by atoms with Gasteiger partial charge in [-0.05, 0) is 41.8 Å². The summed E-state index contributed by atoms with van der Waals surface area (Å²) in [6, 6.07) is 12.9. The smallest absolute Gasteiger partial charge is 0.228 e. The van der Waals surface area contributed by atoms with Crippen LogP contribution in [0.1, 0.15) is 5.56 Å².